The molecule has 0 fully saturated rings. The van der Waals surface area contributed by atoms with Crippen molar-refractivity contribution in [2.45, 2.75) is 67.3 Å². The van der Waals surface area contributed by atoms with Crippen LogP contribution in [0.15, 0.2) is 0 Å². The lowest BCUT2D eigenvalue weighted by Crippen LogP contribution is -2.46. The van der Waals surface area contributed by atoms with E-state index in [4.69, 9.17) is 9.47 Å². The zero-order chi connectivity index (χ0) is 18.5. The molecule has 5 heteroatoms. The number of hydrogen-bond acceptors (Lipinski definition) is 5. The van der Waals surface area contributed by atoms with Crippen molar-refractivity contribution in [3.05, 3.63) is 0 Å². The number of carbonyl (C=O) groups excluding carboxylic acids is 2. The minimum absolute atomic E-state index is 0.0419. The number of hydrogen-bond donors (Lipinski definition) is 1. The fraction of sp³-hybridized carbons (Fsp3) is 0.889. The zero-order valence-electron chi connectivity index (χ0n) is 16.3. The molecular formula is C18H35NO4. The molecule has 0 aromatic heterocycles. The summed E-state index contributed by atoms with van der Waals surface area (Å²) in [6, 6.07) is 0. The minimum atomic E-state index is -0.746. The van der Waals surface area contributed by atoms with E-state index in [9.17, 15) is 9.59 Å². The van der Waals surface area contributed by atoms with Gasteiger partial charge in [0.1, 0.15) is 18.8 Å². The molecule has 1 N–H and O–H groups in total. The van der Waals surface area contributed by atoms with E-state index in [1.165, 1.54) is 0 Å². The highest BCUT2D eigenvalue weighted by molar-refractivity contribution is 5.79. The highest BCUT2D eigenvalue weighted by atomic mass is 16.6. The van der Waals surface area contributed by atoms with E-state index >= 15 is 0 Å². The molecule has 1 atom stereocenters. The average Bonchev–Trinajstić information content (AvgIpc) is 2.38. The van der Waals surface area contributed by atoms with Gasteiger partial charge >= 0.3 is 11.9 Å². The van der Waals surface area contributed by atoms with Crippen LogP contribution in [0.2, 0.25) is 0 Å². The van der Waals surface area contributed by atoms with Gasteiger partial charge in [0.15, 0.2) is 0 Å². The molecule has 136 valence electrons. The van der Waals surface area contributed by atoms with Crippen molar-refractivity contribution < 1.29 is 19.1 Å². The molecule has 0 spiro atoms. The second-order valence-corrected chi connectivity index (χ2v) is 8.86. The predicted octanol–water partition coefficient (Wildman–Crippen LogP) is 3.17. The lowest BCUT2D eigenvalue weighted by molar-refractivity contribution is -0.161. The quantitative estimate of drug-likeness (QED) is 0.574. The average molecular weight is 329 g/mol. The van der Waals surface area contributed by atoms with Crippen LogP contribution in [0.5, 0.6) is 0 Å². The third-order valence-corrected chi connectivity index (χ3v) is 3.84. The Morgan fingerprint density at radius 2 is 1.39 bits per heavy atom. The number of nitrogens with one attached hydrogen (secondary N) is 1. The standard InChI is InChI=1S/C18H35NO4/c1-16(2,3)12-13(17(4,5)6)14(20)22-10-11-23-15(21)18(7,8)19-9/h13,19H,10-12H2,1-9H3. The van der Waals surface area contributed by atoms with Gasteiger partial charge in [-0.25, -0.2) is 0 Å². The van der Waals surface area contributed by atoms with Gasteiger partial charge in [-0.3, -0.25) is 9.59 Å². The number of esters is 2. The van der Waals surface area contributed by atoms with E-state index in [2.05, 4.69) is 26.1 Å². The number of likely N-dealkylation sites (N-methyl/N-ethyl adjacent to an activating group) is 1. The van der Waals surface area contributed by atoms with E-state index in [0.717, 1.165) is 6.42 Å². The molecule has 0 aromatic carbocycles. The fourth-order valence-electron chi connectivity index (χ4n) is 2.02. The number of ether oxygens (including phenoxy) is 2. The van der Waals surface area contributed by atoms with Gasteiger partial charge in [0.25, 0.3) is 0 Å². The molecule has 0 saturated carbocycles. The first kappa shape index (κ1) is 21.9. The van der Waals surface area contributed by atoms with Crippen LogP contribution >= 0.6 is 0 Å². The van der Waals surface area contributed by atoms with Gasteiger partial charge in [-0.1, -0.05) is 41.5 Å². The maximum absolute atomic E-state index is 12.4. The summed E-state index contributed by atoms with van der Waals surface area (Å²) in [5.74, 6) is -0.776. The van der Waals surface area contributed by atoms with Crippen molar-refractivity contribution in [3.8, 4) is 0 Å². The van der Waals surface area contributed by atoms with Crippen LogP contribution in [-0.4, -0.2) is 37.7 Å². The molecule has 0 aliphatic rings. The van der Waals surface area contributed by atoms with Crippen molar-refractivity contribution in [1.82, 2.24) is 5.32 Å². The lowest BCUT2D eigenvalue weighted by atomic mass is 9.72. The first-order chi connectivity index (χ1) is 10.2. The molecule has 0 aromatic rings. The van der Waals surface area contributed by atoms with Crippen LogP contribution in [0.3, 0.4) is 0 Å². The van der Waals surface area contributed by atoms with E-state index in [1.54, 1.807) is 20.9 Å². The van der Waals surface area contributed by atoms with Gasteiger partial charge in [0.2, 0.25) is 0 Å². The third kappa shape index (κ3) is 8.35. The molecule has 0 saturated heterocycles. The minimum Gasteiger partial charge on any atom is -0.462 e. The summed E-state index contributed by atoms with van der Waals surface area (Å²) < 4.78 is 10.5. The van der Waals surface area contributed by atoms with E-state index in [1.807, 2.05) is 20.8 Å². The van der Waals surface area contributed by atoms with Gasteiger partial charge in [-0.05, 0) is 38.1 Å². The smallest absolute Gasteiger partial charge is 0.325 e. The number of rotatable bonds is 7. The Kier molecular flexibility index (Phi) is 7.74. The van der Waals surface area contributed by atoms with Crippen molar-refractivity contribution in [1.29, 1.82) is 0 Å². The van der Waals surface area contributed by atoms with E-state index < -0.39 is 5.54 Å². The highest BCUT2D eigenvalue weighted by Crippen LogP contribution is 2.36. The Bertz CT molecular complexity index is 402. The van der Waals surface area contributed by atoms with Crippen molar-refractivity contribution in [3.63, 3.8) is 0 Å². The Balaban J connectivity index is 4.48. The molecule has 0 bridgehead atoms. The Morgan fingerprint density at radius 1 is 0.913 bits per heavy atom. The molecule has 0 radical (unpaired) electrons. The lowest BCUT2D eigenvalue weighted by Gasteiger charge is -2.33. The Morgan fingerprint density at radius 3 is 1.78 bits per heavy atom. The van der Waals surface area contributed by atoms with Crippen LogP contribution in [0.25, 0.3) is 0 Å². The molecule has 5 nitrogen and oxygen atoms in total. The first-order valence-corrected chi connectivity index (χ1v) is 8.23. The largest absolute Gasteiger partial charge is 0.462 e. The first-order valence-electron chi connectivity index (χ1n) is 8.23. The van der Waals surface area contributed by atoms with Crippen LogP contribution in [0.1, 0.15) is 61.8 Å². The van der Waals surface area contributed by atoms with Gasteiger partial charge < -0.3 is 14.8 Å². The van der Waals surface area contributed by atoms with Gasteiger partial charge in [-0.2, -0.15) is 0 Å². The van der Waals surface area contributed by atoms with Crippen molar-refractivity contribution in [2.24, 2.45) is 16.7 Å². The van der Waals surface area contributed by atoms with Gasteiger partial charge in [0, 0.05) is 0 Å². The Labute approximate surface area is 141 Å². The van der Waals surface area contributed by atoms with Crippen LogP contribution in [0, 0.1) is 16.7 Å². The summed E-state index contributed by atoms with van der Waals surface area (Å²) in [5.41, 5.74) is -0.875. The van der Waals surface area contributed by atoms with Crippen molar-refractivity contribution >= 4 is 11.9 Å². The molecule has 0 heterocycles. The Hall–Kier alpha value is -1.10. The van der Waals surface area contributed by atoms with E-state index in [-0.39, 0.29) is 41.9 Å². The zero-order valence-corrected chi connectivity index (χ0v) is 16.3. The van der Waals surface area contributed by atoms with Gasteiger partial charge in [0.05, 0.1) is 5.92 Å². The maximum Gasteiger partial charge on any atom is 0.325 e. The fourth-order valence-corrected chi connectivity index (χ4v) is 2.02. The summed E-state index contributed by atoms with van der Waals surface area (Å²) in [6.45, 7) is 16.1. The second kappa shape index (κ2) is 8.13. The van der Waals surface area contributed by atoms with Crippen LogP contribution in [0.4, 0.5) is 0 Å². The van der Waals surface area contributed by atoms with Gasteiger partial charge in [-0.15, -0.1) is 0 Å². The summed E-state index contributed by atoms with van der Waals surface area (Å²) in [6.07, 6.45) is 0.752. The molecule has 0 aliphatic carbocycles. The maximum atomic E-state index is 12.4. The van der Waals surface area contributed by atoms with E-state index in [0.29, 0.717) is 0 Å². The molecule has 1 unspecified atom stereocenters. The van der Waals surface area contributed by atoms with Crippen LogP contribution in [-0.2, 0) is 19.1 Å². The highest BCUT2D eigenvalue weighted by Gasteiger charge is 2.35. The SMILES string of the molecule is CNC(C)(C)C(=O)OCCOC(=O)C(CC(C)(C)C)C(C)(C)C. The number of carbonyl (C=O) groups is 2. The second-order valence-electron chi connectivity index (χ2n) is 8.86. The third-order valence-electron chi connectivity index (χ3n) is 3.84. The van der Waals surface area contributed by atoms with Crippen LogP contribution < -0.4 is 5.32 Å². The monoisotopic (exact) mass is 329 g/mol. The summed E-state index contributed by atoms with van der Waals surface area (Å²) in [7, 11) is 1.70. The summed E-state index contributed by atoms with van der Waals surface area (Å²) in [5, 5.41) is 2.87. The molecule has 0 amide bonds. The summed E-state index contributed by atoms with van der Waals surface area (Å²) in [4.78, 5) is 24.2. The molecular weight excluding hydrogens is 294 g/mol. The molecule has 0 aliphatic heterocycles. The normalized spacial score (nSPS) is 14.3. The topological polar surface area (TPSA) is 64.6 Å². The van der Waals surface area contributed by atoms with Crippen molar-refractivity contribution in [2.75, 3.05) is 20.3 Å². The molecule has 23 heavy (non-hydrogen) atoms. The predicted molar refractivity (Wildman–Crippen MR) is 92.1 cm³/mol. The summed E-state index contributed by atoms with van der Waals surface area (Å²) >= 11 is 0. The molecule has 0 rings (SSSR count).